The van der Waals surface area contributed by atoms with E-state index in [2.05, 4.69) is 19.0 Å². The predicted octanol–water partition coefficient (Wildman–Crippen LogP) is 4.14. The molecular formula is C12H23NO. The molecule has 0 amide bonds. The van der Waals surface area contributed by atoms with Crippen molar-refractivity contribution in [3.05, 3.63) is 4.91 Å². The molecule has 0 saturated heterocycles. The molecule has 0 N–H and O–H groups in total. The molecule has 1 aliphatic carbocycles. The second-order valence-electron chi connectivity index (χ2n) is 4.64. The van der Waals surface area contributed by atoms with Gasteiger partial charge in [0.25, 0.3) is 0 Å². The van der Waals surface area contributed by atoms with Gasteiger partial charge >= 0.3 is 0 Å². The maximum absolute atomic E-state index is 10.7. The fourth-order valence-electron chi connectivity index (χ4n) is 2.65. The zero-order chi connectivity index (χ0) is 10.4. The van der Waals surface area contributed by atoms with Gasteiger partial charge in [-0.15, -0.1) is 0 Å². The highest BCUT2D eigenvalue weighted by Gasteiger charge is 2.27. The first-order chi connectivity index (χ1) is 6.81. The summed E-state index contributed by atoms with van der Waals surface area (Å²) in [5.41, 5.74) is 0. The lowest BCUT2D eigenvalue weighted by atomic mass is 9.78. The van der Waals surface area contributed by atoms with Crippen molar-refractivity contribution < 1.29 is 0 Å². The normalized spacial score (nSPS) is 27.9. The molecule has 0 aromatic heterocycles. The minimum atomic E-state index is 0.129. The molecule has 1 saturated carbocycles. The van der Waals surface area contributed by atoms with Crippen LogP contribution in [-0.2, 0) is 0 Å². The lowest BCUT2D eigenvalue weighted by Crippen LogP contribution is -2.24. The third-order valence-electron chi connectivity index (χ3n) is 3.80. The Kier molecular flexibility index (Phi) is 5.13. The van der Waals surface area contributed by atoms with Crippen molar-refractivity contribution >= 4 is 0 Å². The third-order valence-corrected chi connectivity index (χ3v) is 3.80. The summed E-state index contributed by atoms with van der Waals surface area (Å²) in [4.78, 5) is 10.7. The SMILES string of the molecule is CCC(CC)CC1CCCCC1N=O. The zero-order valence-corrected chi connectivity index (χ0v) is 9.54. The molecule has 0 bridgehead atoms. The van der Waals surface area contributed by atoms with Crippen molar-refractivity contribution in [2.45, 2.75) is 64.8 Å². The summed E-state index contributed by atoms with van der Waals surface area (Å²) in [6.45, 7) is 4.50. The van der Waals surface area contributed by atoms with Crippen molar-refractivity contribution in [3.8, 4) is 0 Å². The Bertz CT molecular complexity index is 166. The van der Waals surface area contributed by atoms with Gasteiger partial charge < -0.3 is 0 Å². The second kappa shape index (κ2) is 6.15. The van der Waals surface area contributed by atoms with Gasteiger partial charge in [0, 0.05) is 0 Å². The van der Waals surface area contributed by atoms with Gasteiger partial charge in [-0.3, -0.25) is 0 Å². The quantitative estimate of drug-likeness (QED) is 0.609. The average molecular weight is 197 g/mol. The zero-order valence-electron chi connectivity index (χ0n) is 9.54. The van der Waals surface area contributed by atoms with Crippen molar-refractivity contribution in [1.82, 2.24) is 0 Å². The van der Waals surface area contributed by atoms with Gasteiger partial charge in [-0.1, -0.05) is 44.7 Å². The van der Waals surface area contributed by atoms with Gasteiger partial charge in [0.05, 0.1) is 6.04 Å². The lowest BCUT2D eigenvalue weighted by Gasteiger charge is -2.29. The third kappa shape index (κ3) is 3.07. The Balaban J connectivity index is 2.42. The van der Waals surface area contributed by atoms with Crippen LogP contribution in [0.4, 0.5) is 0 Å². The molecular weight excluding hydrogens is 174 g/mol. The van der Waals surface area contributed by atoms with Gasteiger partial charge in [-0.2, -0.15) is 4.91 Å². The summed E-state index contributed by atoms with van der Waals surface area (Å²) in [7, 11) is 0. The lowest BCUT2D eigenvalue weighted by molar-refractivity contribution is 0.246. The summed E-state index contributed by atoms with van der Waals surface area (Å²) >= 11 is 0. The van der Waals surface area contributed by atoms with E-state index in [1.165, 1.54) is 38.5 Å². The predicted molar refractivity (Wildman–Crippen MR) is 60.2 cm³/mol. The largest absolute Gasteiger partial charge is 0.151 e. The molecule has 0 radical (unpaired) electrons. The highest BCUT2D eigenvalue weighted by atomic mass is 16.3. The van der Waals surface area contributed by atoms with E-state index in [-0.39, 0.29) is 6.04 Å². The van der Waals surface area contributed by atoms with Gasteiger partial charge in [0.1, 0.15) is 0 Å². The molecule has 2 nitrogen and oxygen atoms in total. The van der Waals surface area contributed by atoms with Crippen LogP contribution in [-0.4, -0.2) is 6.04 Å². The van der Waals surface area contributed by atoms with E-state index in [4.69, 9.17) is 0 Å². The number of nitroso groups, excluding NO2 is 1. The molecule has 2 unspecified atom stereocenters. The molecule has 0 heterocycles. The average Bonchev–Trinajstić information content (AvgIpc) is 2.26. The Hall–Kier alpha value is -0.400. The van der Waals surface area contributed by atoms with Crippen LogP contribution >= 0.6 is 0 Å². The van der Waals surface area contributed by atoms with Gasteiger partial charge in [0.2, 0.25) is 0 Å². The minimum absolute atomic E-state index is 0.129. The van der Waals surface area contributed by atoms with Crippen molar-refractivity contribution in [2.75, 3.05) is 0 Å². The topological polar surface area (TPSA) is 29.4 Å². The molecule has 0 aromatic rings. The Labute approximate surface area is 87.4 Å². The van der Waals surface area contributed by atoms with Crippen LogP contribution in [0.1, 0.15) is 58.8 Å². The number of rotatable bonds is 5. The smallest absolute Gasteiger partial charge is 0.0947 e. The van der Waals surface area contributed by atoms with E-state index in [0.717, 1.165) is 12.3 Å². The fourth-order valence-corrected chi connectivity index (χ4v) is 2.65. The summed E-state index contributed by atoms with van der Waals surface area (Å²) < 4.78 is 0. The molecule has 14 heavy (non-hydrogen) atoms. The molecule has 0 spiro atoms. The van der Waals surface area contributed by atoms with E-state index in [9.17, 15) is 4.91 Å². The summed E-state index contributed by atoms with van der Waals surface area (Å²) in [5, 5.41) is 3.30. The van der Waals surface area contributed by atoms with Gasteiger partial charge in [-0.25, -0.2) is 0 Å². The fraction of sp³-hybridized carbons (Fsp3) is 1.00. The van der Waals surface area contributed by atoms with Crippen LogP contribution in [0, 0.1) is 16.7 Å². The summed E-state index contributed by atoms with van der Waals surface area (Å²) in [6.07, 6.45) is 8.49. The number of hydrogen-bond donors (Lipinski definition) is 0. The summed E-state index contributed by atoms with van der Waals surface area (Å²) in [5.74, 6) is 1.40. The van der Waals surface area contributed by atoms with Crippen LogP contribution < -0.4 is 0 Å². The van der Waals surface area contributed by atoms with Crippen molar-refractivity contribution in [2.24, 2.45) is 17.0 Å². The molecule has 0 aliphatic heterocycles. The van der Waals surface area contributed by atoms with E-state index >= 15 is 0 Å². The van der Waals surface area contributed by atoms with E-state index in [1.807, 2.05) is 0 Å². The molecule has 2 heteroatoms. The maximum Gasteiger partial charge on any atom is 0.0947 e. The number of hydrogen-bond acceptors (Lipinski definition) is 2. The van der Waals surface area contributed by atoms with Crippen molar-refractivity contribution in [1.29, 1.82) is 0 Å². The van der Waals surface area contributed by atoms with E-state index in [0.29, 0.717) is 5.92 Å². The van der Waals surface area contributed by atoms with E-state index in [1.54, 1.807) is 0 Å². The molecule has 0 aromatic carbocycles. The molecule has 2 atom stereocenters. The minimum Gasteiger partial charge on any atom is -0.151 e. The second-order valence-corrected chi connectivity index (χ2v) is 4.64. The monoisotopic (exact) mass is 197 g/mol. The van der Waals surface area contributed by atoms with E-state index < -0.39 is 0 Å². The van der Waals surface area contributed by atoms with Crippen LogP contribution in [0.25, 0.3) is 0 Å². The first-order valence-corrected chi connectivity index (χ1v) is 6.14. The molecule has 1 aliphatic rings. The van der Waals surface area contributed by atoms with Crippen LogP contribution in [0.5, 0.6) is 0 Å². The van der Waals surface area contributed by atoms with Gasteiger partial charge in [0.15, 0.2) is 0 Å². The molecule has 1 fully saturated rings. The van der Waals surface area contributed by atoms with Gasteiger partial charge in [-0.05, 0) is 31.1 Å². The number of nitrogens with zero attached hydrogens (tertiary/aromatic N) is 1. The standard InChI is InChI=1S/C12H23NO/c1-3-10(4-2)9-11-7-5-6-8-12(11)13-14/h10-12H,3-9H2,1-2H3. The highest BCUT2D eigenvalue weighted by Crippen LogP contribution is 2.33. The van der Waals surface area contributed by atoms with Crippen LogP contribution in [0.2, 0.25) is 0 Å². The first-order valence-electron chi connectivity index (χ1n) is 6.14. The maximum atomic E-state index is 10.7. The Morgan fingerprint density at radius 1 is 1.21 bits per heavy atom. The Morgan fingerprint density at radius 3 is 2.43 bits per heavy atom. The van der Waals surface area contributed by atoms with Crippen LogP contribution in [0.15, 0.2) is 5.18 Å². The van der Waals surface area contributed by atoms with Crippen LogP contribution in [0.3, 0.4) is 0 Å². The Morgan fingerprint density at radius 2 is 1.86 bits per heavy atom. The molecule has 1 rings (SSSR count). The first kappa shape index (κ1) is 11.7. The summed E-state index contributed by atoms with van der Waals surface area (Å²) in [6, 6.07) is 0.129. The molecule has 82 valence electrons. The highest BCUT2D eigenvalue weighted by molar-refractivity contribution is 4.81. The van der Waals surface area contributed by atoms with Crippen molar-refractivity contribution in [3.63, 3.8) is 0 Å².